The highest BCUT2D eigenvalue weighted by molar-refractivity contribution is 5.79. The average Bonchev–Trinajstić information content (AvgIpc) is 3.12. The average molecular weight is 717 g/mol. The molecule has 2 aliphatic rings. The lowest BCUT2D eigenvalue weighted by atomic mass is 9.88. The van der Waals surface area contributed by atoms with Crippen LogP contribution in [0.4, 0.5) is 0 Å². The van der Waals surface area contributed by atoms with Crippen molar-refractivity contribution in [3.63, 3.8) is 0 Å². The Hall–Kier alpha value is -3.99. The van der Waals surface area contributed by atoms with Crippen molar-refractivity contribution in [2.75, 3.05) is 26.4 Å². The number of carbonyl (C=O) groups is 3. The molecular formula is C35H44N2O14. The lowest BCUT2D eigenvalue weighted by Crippen LogP contribution is -2.68. The number of terminal acetylenes is 1. The molecule has 0 aromatic heterocycles. The van der Waals surface area contributed by atoms with Crippen molar-refractivity contribution in [2.24, 2.45) is 0 Å². The van der Waals surface area contributed by atoms with Crippen LogP contribution in [0.2, 0.25) is 0 Å². The molecule has 2 heterocycles. The summed E-state index contributed by atoms with van der Waals surface area (Å²) in [6.07, 6.45) is -8.22. The number of hydrogen-bond acceptors (Lipinski definition) is 13. The Labute approximate surface area is 293 Å². The highest BCUT2D eigenvalue weighted by Crippen LogP contribution is 2.35. The number of carboxylic acids is 1. The van der Waals surface area contributed by atoms with Crippen LogP contribution < -0.4 is 10.6 Å². The van der Waals surface area contributed by atoms with Gasteiger partial charge in [0.25, 0.3) is 5.79 Å². The fourth-order valence-corrected chi connectivity index (χ4v) is 5.82. The maximum Gasteiger partial charge on any atom is 0.364 e. The van der Waals surface area contributed by atoms with Gasteiger partial charge in [-0.25, -0.2) is 4.79 Å². The van der Waals surface area contributed by atoms with E-state index in [1.807, 2.05) is 42.5 Å². The molecule has 51 heavy (non-hydrogen) atoms. The number of benzene rings is 2. The Morgan fingerprint density at radius 3 is 2.33 bits per heavy atom. The molecule has 0 bridgehead atoms. The highest BCUT2D eigenvalue weighted by Gasteiger charge is 2.56. The number of ether oxygens (including phenoxy) is 4. The van der Waals surface area contributed by atoms with Crippen LogP contribution >= 0.6 is 0 Å². The first kappa shape index (κ1) is 39.8. The van der Waals surface area contributed by atoms with Gasteiger partial charge in [-0.2, -0.15) is 0 Å². The van der Waals surface area contributed by atoms with Crippen molar-refractivity contribution in [1.29, 1.82) is 0 Å². The van der Waals surface area contributed by atoms with E-state index in [4.69, 9.17) is 25.4 Å². The van der Waals surface area contributed by atoms with Crippen LogP contribution in [-0.2, 0) is 39.8 Å². The maximum atomic E-state index is 12.7. The molecule has 4 rings (SSSR count). The number of hydrogen-bond donors (Lipinski definition) is 9. The van der Waals surface area contributed by atoms with Gasteiger partial charge in [-0.15, -0.1) is 12.3 Å². The standard InChI is InChI=1S/C35H44N2O14/c1-2-3-13-48-33-31(45)24(39)15-23(50-33)19-49-35(34(46)47)16-25(40)29(37-28(43)18-38)32(51-35)30(44)26(41)17-36-27(42)14-20-9-11-22(12-10-20)21-7-5-4-6-8-21/h1,4-12,23-26,29-33,38-41,44-45H,3,13-19H2,(H,36,42)(H,37,43)(H,46,47)/t23?,24?,25-,26+,29?,30?,31+,32+,33?,35+/m0/s1. The number of carbonyl (C=O) groups excluding carboxylic acids is 2. The van der Waals surface area contributed by atoms with Crippen LogP contribution in [0.5, 0.6) is 0 Å². The number of aliphatic hydroxyl groups is 6. The summed E-state index contributed by atoms with van der Waals surface area (Å²) in [6.45, 7) is -2.12. The largest absolute Gasteiger partial charge is 0.477 e. The van der Waals surface area contributed by atoms with Crippen molar-refractivity contribution in [1.82, 2.24) is 10.6 Å². The summed E-state index contributed by atoms with van der Waals surface area (Å²) in [7, 11) is 0. The Morgan fingerprint density at radius 1 is 1.00 bits per heavy atom. The summed E-state index contributed by atoms with van der Waals surface area (Å²) in [5, 5.41) is 77.9. The Bertz CT molecular complexity index is 1490. The zero-order valence-electron chi connectivity index (χ0n) is 27.6. The Balaban J connectivity index is 1.42. The summed E-state index contributed by atoms with van der Waals surface area (Å²) < 4.78 is 22.4. The van der Waals surface area contributed by atoms with E-state index >= 15 is 0 Å². The van der Waals surface area contributed by atoms with E-state index in [1.54, 1.807) is 12.1 Å². The fourth-order valence-electron chi connectivity index (χ4n) is 5.82. The Kier molecular flexibility index (Phi) is 14.4. The predicted molar refractivity (Wildman–Crippen MR) is 176 cm³/mol. The molecular weight excluding hydrogens is 672 g/mol. The summed E-state index contributed by atoms with van der Waals surface area (Å²) in [5.41, 5.74) is 2.63. The van der Waals surface area contributed by atoms with Gasteiger partial charge < -0.3 is 65.3 Å². The van der Waals surface area contributed by atoms with Gasteiger partial charge in [-0.1, -0.05) is 54.6 Å². The van der Waals surface area contributed by atoms with Crippen LogP contribution in [0.3, 0.4) is 0 Å². The quantitative estimate of drug-likeness (QED) is 0.0676. The fraction of sp³-hybridized carbons (Fsp3) is 0.514. The van der Waals surface area contributed by atoms with E-state index in [1.165, 1.54) is 0 Å². The molecule has 5 unspecified atom stereocenters. The Morgan fingerprint density at radius 2 is 1.69 bits per heavy atom. The normalized spacial score (nSPS) is 28.9. The van der Waals surface area contributed by atoms with Crippen molar-refractivity contribution in [2.45, 2.75) is 86.5 Å². The topological polar surface area (TPSA) is 254 Å². The molecule has 9 N–H and O–H groups in total. The summed E-state index contributed by atoms with van der Waals surface area (Å²) >= 11 is 0. The summed E-state index contributed by atoms with van der Waals surface area (Å²) in [4.78, 5) is 37.4. The zero-order valence-corrected chi connectivity index (χ0v) is 27.6. The second-order valence-corrected chi connectivity index (χ2v) is 12.3. The van der Waals surface area contributed by atoms with E-state index < -0.39 is 105 Å². The third kappa shape index (κ3) is 10.5. The summed E-state index contributed by atoms with van der Waals surface area (Å²) in [6, 6.07) is 15.4. The highest BCUT2D eigenvalue weighted by atomic mass is 16.7. The van der Waals surface area contributed by atoms with Crippen molar-refractivity contribution in [3.05, 3.63) is 60.2 Å². The van der Waals surface area contributed by atoms with Crippen LogP contribution in [0.1, 0.15) is 24.8 Å². The van der Waals surface area contributed by atoms with Crippen molar-refractivity contribution in [3.8, 4) is 23.5 Å². The lowest BCUT2D eigenvalue weighted by molar-refractivity contribution is -0.327. The van der Waals surface area contributed by atoms with Crippen LogP contribution in [-0.4, -0.2) is 141 Å². The van der Waals surface area contributed by atoms with Gasteiger partial charge in [0.1, 0.15) is 24.9 Å². The van der Waals surface area contributed by atoms with Gasteiger partial charge in [-0.3, -0.25) is 9.59 Å². The van der Waals surface area contributed by atoms with Crippen molar-refractivity contribution < 1.29 is 69.1 Å². The molecule has 16 nitrogen and oxygen atoms in total. The number of rotatable bonds is 16. The van der Waals surface area contributed by atoms with Gasteiger partial charge in [-0.05, 0) is 16.7 Å². The van der Waals surface area contributed by atoms with Gasteiger partial charge in [0.2, 0.25) is 11.8 Å². The third-order valence-corrected chi connectivity index (χ3v) is 8.57. The first-order valence-electron chi connectivity index (χ1n) is 16.3. The van der Waals surface area contributed by atoms with Gasteiger partial charge >= 0.3 is 5.97 Å². The van der Waals surface area contributed by atoms with E-state index in [0.29, 0.717) is 5.56 Å². The number of carboxylic acid groups (broad SMARTS) is 1. The molecule has 2 amide bonds. The minimum atomic E-state index is -2.68. The van der Waals surface area contributed by atoms with E-state index in [9.17, 15) is 50.1 Å². The number of nitrogens with one attached hydrogen (secondary N) is 2. The molecule has 0 radical (unpaired) electrons. The molecule has 2 aliphatic heterocycles. The molecule has 0 spiro atoms. The molecule has 0 saturated carbocycles. The molecule has 2 aromatic carbocycles. The number of aliphatic hydroxyl groups excluding tert-OH is 6. The monoisotopic (exact) mass is 716 g/mol. The number of aliphatic carboxylic acids is 1. The maximum absolute atomic E-state index is 12.7. The molecule has 2 saturated heterocycles. The summed E-state index contributed by atoms with van der Waals surface area (Å²) in [5.74, 6) is -3.57. The number of amides is 2. The minimum absolute atomic E-state index is 0.00194. The minimum Gasteiger partial charge on any atom is -0.477 e. The smallest absolute Gasteiger partial charge is 0.364 e. The zero-order chi connectivity index (χ0) is 37.1. The lowest BCUT2D eigenvalue weighted by Gasteiger charge is -2.47. The molecule has 0 aliphatic carbocycles. The second kappa shape index (κ2) is 18.5. The van der Waals surface area contributed by atoms with E-state index in [0.717, 1.165) is 11.1 Å². The van der Waals surface area contributed by atoms with Crippen LogP contribution in [0.15, 0.2) is 54.6 Å². The molecule has 2 fully saturated rings. The van der Waals surface area contributed by atoms with Crippen molar-refractivity contribution >= 4 is 17.8 Å². The van der Waals surface area contributed by atoms with E-state index in [-0.39, 0.29) is 25.9 Å². The molecule has 10 atom stereocenters. The molecule has 278 valence electrons. The SMILES string of the molecule is C#CCCOC1OC(CO[C@]2(C(=O)O)C[C@H](O)C(NC(=O)CO)[C@H](C(O)[C@H](O)CNC(=O)Cc3ccc(-c4ccccc4)cc3)O2)CC(O)[C@H]1O. The predicted octanol–water partition coefficient (Wildman–Crippen LogP) is -1.96. The second-order valence-electron chi connectivity index (χ2n) is 12.3. The van der Waals surface area contributed by atoms with Gasteiger partial charge in [0.15, 0.2) is 6.29 Å². The first-order chi connectivity index (χ1) is 24.4. The molecule has 2 aromatic rings. The van der Waals surface area contributed by atoms with Gasteiger partial charge in [0, 0.05) is 25.8 Å². The van der Waals surface area contributed by atoms with Crippen LogP contribution in [0, 0.1) is 12.3 Å². The van der Waals surface area contributed by atoms with E-state index in [2.05, 4.69) is 16.6 Å². The van der Waals surface area contributed by atoms with Gasteiger partial charge in [0.05, 0.1) is 50.1 Å². The van der Waals surface area contributed by atoms with Crippen LogP contribution in [0.25, 0.3) is 11.1 Å². The first-order valence-corrected chi connectivity index (χ1v) is 16.3. The third-order valence-electron chi connectivity index (χ3n) is 8.57. The molecule has 16 heteroatoms.